The number of ether oxygens (including phenoxy) is 2. The molecule has 1 heterocycles. The molecule has 0 bridgehead atoms. The Balaban J connectivity index is 2.29. The SMILES string of the molecule is COc1ccc(N(C)C(=O)c2ccccn2)cc1OC. The molecule has 2 aromatic rings. The van der Waals surface area contributed by atoms with Crippen LogP contribution >= 0.6 is 0 Å². The van der Waals surface area contributed by atoms with Crippen LogP contribution in [0.2, 0.25) is 0 Å². The maximum Gasteiger partial charge on any atom is 0.276 e. The third-order valence-corrected chi connectivity index (χ3v) is 2.94. The lowest BCUT2D eigenvalue weighted by molar-refractivity contribution is 0.0988. The van der Waals surface area contributed by atoms with Crippen LogP contribution in [0.25, 0.3) is 0 Å². The Morgan fingerprint density at radius 1 is 1.10 bits per heavy atom. The molecule has 2 rings (SSSR count). The molecule has 0 spiro atoms. The van der Waals surface area contributed by atoms with Gasteiger partial charge in [0.05, 0.1) is 14.2 Å². The van der Waals surface area contributed by atoms with Gasteiger partial charge < -0.3 is 14.4 Å². The van der Waals surface area contributed by atoms with Crippen LogP contribution in [0.3, 0.4) is 0 Å². The topological polar surface area (TPSA) is 51.7 Å². The summed E-state index contributed by atoms with van der Waals surface area (Å²) in [6.07, 6.45) is 1.59. The first-order valence-electron chi connectivity index (χ1n) is 6.08. The fourth-order valence-corrected chi connectivity index (χ4v) is 1.81. The molecule has 104 valence electrons. The van der Waals surface area contributed by atoms with E-state index in [4.69, 9.17) is 9.47 Å². The Hall–Kier alpha value is -2.56. The second kappa shape index (κ2) is 6.06. The van der Waals surface area contributed by atoms with E-state index in [1.807, 2.05) is 0 Å². The summed E-state index contributed by atoms with van der Waals surface area (Å²) in [4.78, 5) is 17.9. The van der Waals surface area contributed by atoms with E-state index in [2.05, 4.69) is 4.98 Å². The first-order valence-corrected chi connectivity index (χ1v) is 6.08. The highest BCUT2D eigenvalue weighted by Gasteiger charge is 2.16. The molecule has 5 heteroatoms. The predicted molar refractivity (Wildman–Crippen MR) is 76.5 cm³/mol. The maximum absolute atomic E-state index is 12.3. The number of carbonyl (C=O) groups is 1. The molecule has 20 heavy (non-hydrogen) atoms. The maximum atomic E-state index is 12.3. The highest BCUT2D eigenvalue weighted by molar-refractivity contribution is 6.04. The molecule has 0 saturated heterocycles. The van der Waals surface area contributed by atoms with Crippen LogP contribution in [0.1, 0.15) is 10.5 Å². The average Bonchev–Trinajstić information content (AvgIpc) is 2.53. The van der Waals surface area contributed by atoms with Crippen molar-refractivity contribution < 1.29 is 14.3 Å². The molecule has 0 aliphatic heterocycles. The molecule has 0 atom stereocenters. The molecule has 0 unspecified atom stereocenters. The molecule has 1 aromatic heterocycles. The van der Waals surface area contributed by atoms with Gasteiger partial charge in [-0.15, -0.1) is 0 Å². The summed E-state index contributed by atoms with van der Waals surface area (Å²) in [6.45, 7) is 0. The molecule has 0 aliphatic carbocycles. The third kappa shape index (κ3) is 2.71. The van der Waals surface area contributed by atoms with Crippen LogP contribution in [0, 0.1) is 0 Å². The van der Waals surface area contributed by atoms with E-state index in [0.717, 1.165) is 0 Å². The van der Waals surface area contributed by atoms with E-state index in [-0.39, 0.29) is 5.91 Å². The molecule has 0 N–H and O–H groups in total. The van der Waals surface area contributed by atoms with Crippen molar-refractivity contribution in [1.29, 1.82) is 0 Å². The average molecular weight is 272 g/mol. The second-order valence-corrected chi connectivity index (χ2v) is 4.12. The van der Waals surface area contributed by atoms with Crippen LogP contribution in [-0.2, 0) is 0 Å². The molecule has 0 radical (unpaired) electrons. The van der Waals surface area contributed by atoms with E-state index < -0.39 is 0 Å². The van der Waals surface area contributed by atoms with Crippen molar-refractivity contribution in [2.24, 2.45) is 0 Å². The summed E-state index contributed by atoms with van der Waals surface area (Å²) < 4.78 is 10.4. The van der Waals surface area contributed by atoms with Gasteiger partial charge in [-0.05, 0) is 24.3 Å². The van der Waals surface area contributed by atoms with Gasteiger partial charge >= 0.3 is 0 Å². The van der Waals surface area contributed by atoms with Crippen LogP contribution in [-0.4, -0.2) is 32.2 Å². The van der Waals surface area contributed by atoms with Crippen molar-refractivity contribution >= 4 is 11.6 Å². The summed E-state index contributed by atoms with van der Waals surface area (Å²) >= 11 is 0. The molecule has 1 aromatic carbocycles. The van der Waals surface area contributed by atoms with Crippen molar-refractivity contribution in [1.82, 2.24) is 4.98 Å². The van der Waals surface area contributed by atoms with Crippen molar-refractivity contribution in [2.45, 2.75) is 0 Å². The summed E-state index contributed by atoms with van der Waals surface area (Å²) in [5.41, 5.74) is 1.10. The number of aromatic nitrogens is 1. The zero-order valence-corrected chi connectivity index (χ0v) is 11.7. The smallest absolute Gasteiger partial charge is 0.276 e. The number of methoxy groups -OCH3 is 2. The number of rotatable bonds is 4. The van der Waals surface area contributed by atoms with E-state index in [0.29, 0.717) is 22.9 Å². The normalized spacial score (nSPS) is 9.95. The van der Waals surface area contributed by atoms with Crippen molar-refractivity contribution in [2.75, 3.05) is 26.2 Å². The van der Waals surface area contributed by atoms with E-state index in [1.165, 1.54) is 4.90 Å². The minimum absolute atomic E-state index is 0.183. The standard InChI is InChI=1S/C15H16N2O3/c1-17(15(18)12-6-4-5-9-16-12)11-7-8-13(19-2)14(10-11)20-3/h4-10H,1-3H3. The van der Waals surface area contributed by atoms with Crippen LogP contribution in [0.15, 0.2) is 42.6 Å². The monoisotopic (exact) mass is 272 g/mol. The fraction of sp³-hybridized carbons (Fsp3) is 0.200. The second-order valence-electron chi connectivity index (χ2n) is 4.12. The quantitative estimate of drug-likeness (QED) is 0.857. The number of hydrogen-bond acceptors (Lipinski definition) is 4. The molecule has 0 aliphatic rings. The Morgan fingerprint density at radius 2 is 1.85 bits per heavy atom. The Kier molecular flexibility index (Phi) is 4.20. The van der Waals surface area contributed by atoms with Gasteiger partial charge in [0, 0.05) is 25.0 Å². The number of anilines is 1. The molecular weight excluding hydrogens is 256 g/mol. The molecule has 0 saturated carbocycles. The van der Waals surface area contributed by atoms with Gasteiger partial charge in [0.2, 0.25) is 0 Å². The van der Waals surface area contributed by atoms with Crippen molar-refractivity contribution in [3.63, 3.8) is 0 Å². The van der Waals surface area contributed by atoms with Crippen molar-refractivity contribution in [3.8, 4) is 11.5 Å². The summed E-state index contributed by atoms with van der Waals surface area (Å²) in [5, 5.41) is 0. The Labute approximate surface area is 117 Å². The molecule has 0 fully saturated rings. The van der Waals surface area contributed by atoms with Gasteiger partial charge in [-0.1, -0.05) is 6.07 Å². The highest BCUT2D eigenvalue weighted by Crippen LogP contribution is 2.31. The minimum atomic E-state index is -0.183. The summed E-state index contributed by atoms with van der Waals surface area (Å²) in [7, 11) is 4.82. The number of carbonyl (C=O) groups excluding carboxylic acids is 1. The van der Waals surface area contributed by atoms with Crippen LogP contribution < -0.4 is 14.4 Å². The molecular formula is C15H16N2O3. The van der Waals surface area contributed by atoms with Gasteiger partial charge in [-0.3, -0.25) is 9.78 Å². The lowest BCUT2D eigenvalue weighted by Gasteiger charge is -2.18. The lowest BCUT2D eigenvalue weighted by atomic mass is 10.2. The number of pyridine rings is 1. The van der Waals surface area contributed by atoms with Gasteiger partial charge in [0.1, 0.15) is 5.69 Å². The zero-order valence-electron chi connectivity index (χ0n) is 11.7. The highest BCUT2D eigenvalue weighted by atomic mass is 16.5. The van der Waals surface area contributed by atoms with Crippen LogP contribution in [0.4, 0.5) is 5.69 Å². The van der Waals surface area contributed by atoms with E-state index in [9.17, 15) is 4.79 Å². The van der Waals surface area contributed by atoms with Gasteiger partial charge in [-0.2, -0.15) is 0 Å². The van der Waals surface area contributed by atoms with Gasteiger partial charge in [-0.25, -0.2) is 0 Å². The molecule has 1 amide bonds. The Bertz CT molecular complexity index is 599. The largest absolute Gasteiger partial charge is 0.493 e. The van der Waals surface area contributed by atoms with Gasteiger partial charge in [0.25, 0.3) is 5.91 Å². The van der Waals surface area contributed by atoms with E-state index in [1.54, 1.807) is 63.9 Å². The van der Waals surface area contributed by atoms with Crippen molar-refractivity contribution in [3.05, 3.63) is 48.3 Å². The van der Waals surface area contributed by atoms with E-state index >= 15 is 0 Å². The molecule has 5 nitrogen and oxygen atoms in total. The number of hydrogen-bond donors (Lipinski definition) is 0. The predicted octanol–water partition coefficient (Wildman–Crippen LogP) is 2.38. The number of benzene rings is 1. The third-order valence-electron chi connectivity index (χ3n) is 2.94. The Morgan fingerprint density at radius 3 is 2.45 bits per heavy atom. The number of amides is 1. The first-order chi connectivity index (χ1) is 9.67. The minimum Gasteiger partial charge on any atom is -0.493 e. The fourth-order valence-electron chi connectivity index (χ4n) is 1.81. The van der Waals surface area contributed by atoms with Gasteiger partial charge in [0.15, 0.2) is 11.5 Å². The zero-order chi connectivity index (χ0) is 14.5. The first kappa shape index (κ1) is 13.9. The number of nitrogens with zero attached hydrogens (tertiary/aromatic N) is 2. The summed E-state index contributed by atoms with van der Waals surface area (Å²) in [6, 6.07) is 10.5. The lowest BCUT2D eigenvalue weighted by Crippen LogP contribution is -2.26. The summed E-state index contributed by atoms with van der Waals surface area (Å²) in [5.74, 6) is 1.01. The van der Waals surface area contributed by atoms with Crippen LogP contribution in [0.5, 0.6) is 11.5 Å².